The van der Waals surface area contributed by atoms with Gasteiger partial charge in [0.1, 0.15) is 5.82 Å². The van der Waals surface area contributed by atoms with E-state index >= 15 is 0 Å². The number of aryl methyl sites for hydroxylation is 1. The maximum Gasteiger partial charge on any atom is 0.161 e. The Labute approximate surface area is 80.9 Å². The van der Waals surface area contributed by atoms with Gasteiger partial charge >= 0.3 is 0 Å². The van der Waals surface area contributed by atoms with Crippen LogP contribution in [0.15, 0.2) is 17.4 Å². The Morgan fingerprint density at radius 2 is 2.15 bits per heavy atom. The highest BCUT2D eigenvalue weighted by Crippen LogP contribution is 2.14. The summed E-state index contributed by atoms with van der Waals surface area (Å²) in [5, 5.41) is 4.12. The van der Waals surface area contributed by atoms with Crippen molar-refractivity contribution in [1.82, 2.24) is 9.97 Å². The minimum absolute atomic E-state index is 0.784. The molecule has 0 aromatic carbocycles. The molecule has 1 aromatic heterocycles. The van der Waals surface area contributed by atoms with Crippen molar-refractivity contribution in [2.24, 2.45) is 4.99 Å². The van der Waals surface area contributed by atoms with Gasteiger partial charge in [-0.05, 0) is 6.92 Å². The first-order chi connectivity index (χ1) is 6.34. The number of hydrogen-bond acceptors (Lipinski definition) is 5. The van der Waals surface area contributed by atoms with Gasteiger partial charge in [-0.3, -0.25) is 4.99 Å². The molecule has 1 aliphatic heterocycles. The number of hydrogen-bond donors (Lipinski definition) is 1. The van der Waals surface area contributed by atoms with Gasteiger partial charge < -0.3 is 5.32 Å². The van der Waals surface area contributed by atoms with Crippen LogP contribution in [0.3, 0.4) is 0 Å². The highest BCUT2D eigenvalue weighted by molar-refractivity contribution is 8.14. The normalized spacial score (nSPS) is 15.6. The lowest BCUT2D eigenvalue weighted by atomic mass is 10.5. The Kier molecular flexibility index (Phi) is 2.44. The Bertz CT molecular complexity index is 319. The van der Waals surface area contributed by atoms with E-state index in [2.05, 4.69) is 20.3 Å². The van der Waals surface area contributed by atoms with Crippen LogP contribution in [0.5, 0.6) is 0 Å². The summed E-state index contributed by atoms with van der Waals surface area (Å²) >= 11 is 1.72. The molecule has 4 nitrogen and oxygen atoms in total. The first kappa shape index (κ1) is 8.50. The lowest BCUT2D eigenvalue weighted by Crippen LogP contribution is -2.05. The van der Waals surface area contributed by atoms with Crippen LogP contribution in [0.2, 0.25) is 0 Å². The van der Waals surface area contributed by atoms with Crippen molar-refractivity contribution in [3.63, 3.8) is 0 Å². The molecule has 0 saturated carbocycles. The highest BCUT2D eigenvalue weighted by Gasteiger charge is 2.06. The molecule has 0 unspecified atom stereocenters. The Hall–Kier alpha value is -1.10. The number of rotatable bonds is 1. The predicted molar refractivity (Wildman–Crippen MR) is 55.2 cm³/mol. The molecular formula is C8H10N4S. The second kappa shape index (κ2) is 3.74. The van der Waals surface area contributed by atoms with Crippen molar-refractivity contribution in [2.75, 3.05) is 17.6 Å². The summed E-state index contributed by atoms with van der Waals surface area (Å²) in [6.07, 6.45) is 3.54. The number of thioether (sulfide) groups is 1. The zero-order chi connectivity index (χ0) is 9.10. The fraction of sp³-hybridized carbons (Fsp3) is 0.375. The molecule has 1 aromatic rings. The van der Waals surface area contributed by atoms with E-state index in [-0.39, 0.29) is 0 Å². The molecule has 0 saturated heterocycles. The van der Waals surface area contributed by atoms with Gasteiger partial charge in [-0.15, -0.1) is 0 Å². The van der Waals surface area contributed by atoms with Crippen molar-refractivity contribution in [2.45, 2.75) is 6.92 Å². The van der Waals surface area contributed by atoms with Gasteiger partial charge in [0.05, 0.1) is 24.6 Å². The van der Waals surface area contributed by atoms with Crippen LogP contribution < -0.4 is 5.32 Å². The summed E-state index contributed by atoms with van der Waals surface area (Å²) < 4.78 is 0. The maximum absolute atomic E-state index is 4.27. The molecule has 0 atom stereocenters. The number of aliphatic imine (C=N–C) groups is 1. The first-order valence-corrected chi connectivity index (χ1v) is 5.06. The zero-order valence-electron chi connectivity index (χ0n) is 7.32. The van der Waals surface area contributed by atoms with Crippen molar-refractivity contribution >= 4 is 22.6 Å². The Morgan fingerprint density at radius 1 is 1.38 bits per heavy atom. The van der Waals surface area contributed by atoms with Crippen molar-refractivity contribution < 1.29 is 0 Å². The van der Waals surface area contributed by atoms with Crippen molar-refractivity contribution in [3.05, 3.63) is 18.2 Å². The zero-order valence-corrected chi connectivity index (χ0v) is 8.14. The van der Waals surface area contributed by atoms with E-state index in [0.717, 1.165) is 29.0 Å². The maximum atomic E-state index is 4.27. The monoisotopic (exact) mass is 194 g/mol. The summed E-state index contributed by atoms with van der Waals surface area (Å²) in [6.45, 7) is 2.77. The molecular weight excluding hydrogens is 184 g/mol. The van der Waals surface area contributed by atoms with E-state index in [9.17, 15) is 0 Å². The third-order valence-electron chi connectivity index (χ3n) is 1.62. The molecule has 0 bridgehead atoms. The lowest BCUT2D eigenvalue weighted by molar-refractivity contribution is 1.06. The summed E-state index contributed by atoms with van der Waals surface area (Å²) in [5.41, 5.74) is 0.902. The quantitative estimate of drug-likeness (QED) is 0.732. The molecule has 68 valence electrons. The van der Waals surface area contributed by atoms with E-state index in [1.807, 2.05) is 6.92 Å². The average molecular weight is 194 g/mol. The largest absolute Gasteiger partial charge is 0.332 e. The van der Waals surface area contributed by atoms with Crippen LogP contribution in [0, 0.1) is 6.92 Å². The lowest BCUT2D eigenvalue weighted by Gasteiger charge is -2.03. The van der Waals surface area contributed by atoms with Crippen LogP contribution in [0.4, 0.5) is 5.69 Å². The van der Waals surface area contributed by atoms with Crippen LogP contribution in [0.25, 0.3) is 0 Å². The van der Waals surface area contributed by atoms with Crippen LogP contribution >= 0.6 is 11.8 Å². The van der Waals surface area contributed by atoms with Crippen molar-refractivity contribution in [1.29, 1.82) is 0 Å². The van der Waals surface area contributed by atoms with E-state index in [0.29, 0.717) is 0 Å². The van der Waals surface area contributed by atoms with Gasteiger partial charge in [0.2, 0.25) is 0 Å². The van der Waals surface area contributed by atoms with Crippen LogP contribution in [-0.2, 0) is 0 Å². The Morgan fingerprint density at radius 3 is 2.77 bits per heavy atom. The number of amidine groups is 1. The van der Waals surface area contributed by atoms with Crippen LogP contribution in [0.1, 0.15) is 5.82 Å². The van der Waals surface area contributed by atoms with Crippen molar-refractivity contribution in [3.8, 4) is 0 Å². The molecule has 1 aliphatic rings. The highest BCUT2D eigenvalue weighted by atomic mass is 32.2. The van der Waals surface area contributed by atoms with Gasteiger partial charge in [-0.25, -0.2) is 9.97 Å². The molecule has 1 N–H and O–H groups in total. The summed E-state index contributed by atoms with van der Waals surface area (Å²) in [5.74, 6) is 1.85. The van der Waals surface area contributed by atoms with E-state index in [1.165, 1.54) is 0 Å². The predicted octanol–water partition coefficient (Wildman–Crippen LogP) is 1.30. The topological polar surface area (TPSA) is 50.2 Å². The smallest absolute Gasteiger partial charge is 0.161 e. The fourth-order valence-electron chi connectivity index (χ4n) is 0.991. The second-order valence-corrected chi connectivity index (χ2v) is 3.76. The Balaban J connectivity index is 2.05. The summed E-state index contributed by atoms with van der Waals surface area (Å²) in [7, 11) is 0. The number of aromatic nitrogens is 2. The van der Waals surface area contributed by atoms with Crippen LogP contribution in [-0.4, -0.2) is 27.4 Å². The number of nitrogens with one attached hydrogen (secondary N) is 1. The molecule has 0 fully saturated rings. The molecule has 0 amide bonds. The average Bonchev–Trinajstić information content (AvgIpc) is 2.62. The SMILES string of the molecule is Cc1ncc(NC2=NCCS2)cn1. The molecule has 0 spiro atoms. The van der Waals surface area contributed by atoms with E-state index < -0.39 is 0 Å². The van der Waals surface area contributed by atoms with Gasteiger partial charge in [-0.1, -0.05) is 11.8 Å². The molecule has 2 rings (SSSR count). The second-order valence-electron chi connectivity index (χ2n) is 2.68. The standard InChI is InChI=1S/C8H10N4S/c1-6-10-4-7(5-11-6)12-8-9-2-3-13-8/h4-5H,2-3H2,1H3,(H,9,12). The van der Waals surface area contributed by atoms with E-state index in [1.54, 1.807) is 24.2 Å². The number of nitrogens with zero attached hydrogens (tertiary/aromatic N) is 3. The summed E-state index contributed by atoms with van der Waals surface area (Å²) in [4.78, 5) is 12.4. The third-order valence-corrected chi connectivity index (χ3v) is 2.51. The van der Waals surface area contributed by atoms with Gasteiger partial charge in [0.15, 0.2) is 5.17 Å². The number of anilines is 1. The van der Waals surface area contributed by atoms with Gasteiger partial charge in [-0.2, -0.15) is 0 Å². The fourth-order valence-corrected chi connectivity index (χ4v) is 1.74. The molecule has 5 heteroatoms. The third kappa shape index (κ3) is 2.18. The van der Waals surface area contributed by atoms with E-state index in [4.69, 9.17) is 0 Å². The molecule has 0 aliphatic carbocycles. The first-order valence-electron chi connectivity index (χ1n) is 4.07. The summed E-state index contributed by atoms with van der Waals surface area (Å²) in [6, 6.07) is 0. The molecule has 13 heavy (non-hydrogen) atoms. The molecule has 2 heterocycles. The minimum Gasteiger partial charge on any atom is -0.332 e. The van der Waals surface area contributed by atoms with Gasteiger partial charge in [0.25, 0.3) is 0 Å². The molecule has 0 radical (unpaired) electrons. The minimum atomic E-state index is 0.784. The van der Waals surface area contributed by atoms with Gasteiger partial charge in [0, 0.05) is 5.75 Å².